The minimum Gasteiger partial charge on any atom is -0.497 e. The predicted octanol–water partition coefficient (Wildman–Crippen LogP) is 4.01. The molecule has 4 rings (SSSR count). The molecule has 7 nitrogen and oxygen atoms in total. The van der Waals surface area contributed by atoms with E-state index in [0.717, 1.165) is 35.3 Å². The first-order chi connectivity index (χ1) is 15.4. The van der Waals surface area contributed by atoms with E-state index in [1.807, 2.05) is 55.1 Å². The van der Waals surface area contributed by atoms with Gasteiger partial charge in [-0.1, -0.05) is 6.92 Å². The number of hydrogen-bond donors (Lipinski definition) is 2. The lowest BCUT2D eigenvalue weighted by molar-refractivity contribution is -0.127. The van der Waals surface area contributed by atoms with Crippen molar-refractivity contribution >= 4 is 22.7 Å². The molecule has 1 aromatic carbocycles. The van der Waals surface area contributed by atoms with E-state index in [9.17, 15) is 9.59 Å². The summed E-state index contributed by atoms with van der Waals surface area (Å²) in [5.74, 6) is 1.87. The molecule has 2 atom stereocenters. The Labute approximate surface area is 188 Å². The zero-order valence-electron chi connectivity index (χ0n) is 18.9. The summed E-state index contributed by atoms with van der Waals surface area (Å²) < 4.78 is 10.6. The van der Waals surface area contributed by atoms with Crippen LogP contribution in [-0.4, -0.2) is 47.9 Å². The van der Waals surface area contributed by atoms with Gasteiger partial charge in [0.1, 0.15) is 17.2 Å². The third-order valence-electron chi connectivity index (χ3n) is 6.48. The highest BCUT2D eigenvalue weighted by Crippen LogP contribution is 2.27. The molecular formula is C25H31N3O4. The normalized spacial score (nSPS) is 16.7. The molecule has 0 bridgehead atoms. The Kier molecular flexibility index (Phi) is 6.53. The van der Waals surface area contributed by atoms with Crippen LogP contribution in [0.5, 0.6) is 5.75 Å². The van der Waals surface area contributed by atoms with Gasteiger partial charge in [0.15, 0.2) is 0 Å². The van der Waals surface area contributed by atoms with Crippen molar-refractivity contribution in [2.75, 3.05) is 20.2 Å². The van der Waals surface area contributed by atoms with Gasteiger partial charge in [-0.3, -0.25) is 9.59 Å². The molecule has 0 radical (unpaired) electrons. The van der Waals surface area contributed by atoms with E-state index in [0.29, 0.717) is 25.2 Å². The minimum atomic E-state index is -0.0909. The maximum Gasteiger partial charge on any atom is 0.270 e. The Bertz CT molecular complexity index is 1060. The van der Waals surface area contributed by atoms with Crippen LogP contribution in [0, 0.1) is 11.8 Å². The third-order valence-corrected chi connectivity index (χ3v) is 6.48. The van der Waals surface area contributed by atoms with Crippen LogP contribution in [0.4, 0.5) is 0 Å². The summed E-state index contributed by atoms with van der Waals surface area (Å²) in [7, 11) is 1.63. The number of H-pyrrole nitrogens is 1. The summed E-state index contributed by atoms with van der Waals surface area (Å²) in [5, 5.41) is 4.09. The first-order valence-electron chi connectivity index (χ1n) is 11.2. The topological polar surface area (TPSA) is 87.6 Å². The average Bonchev–Trinajstić information content (AvgIpc) is 3.47. The quantitative estimate of drug-likeness (QED) is 0.585. The molecule has 1 saturated heterocycles. The van der Waals surface area contributed by atoms with Gasteiger partial charge >= 0.3 is 0 Å². The van der Waals surface area contributed by atoms with Crippen LogP contribution in [0.2, 0.25) is 0 Å². The fourth-order valence-electron chi connectivity index (χ4n) is 4.49. The summed E-state index contributed by atoms with van der Waals surface area (Å²) in [5.41, 5.74) is 1.47. The molecule has 32 heavy (non-hydrogen) atoms. The van der Waals surface area contributed by atoms with Crippen molar-refractivity contribution in [2.45, 2.75) is 39.2 Å². The van der Waals surface area contributed by atoms with Gasteiger partial charge in [0, 0.05) is 48.4 Å². The fourth-order valence-corrected chi connectivity index (χ4v) is 4.49. The van der Waals surface area contributed by atoms with Crippen LogP contribution in [0.25, 0.3) is 10.9 Å². The molecule has 0 spiro atoms. The number of ether oxygens (including phenoxy) is 1. The maximum atomic E-state index is 13.0. The summed E-state index contributed by atoms with van der Waals surface area (Å²) in [6.07, 6.45) is 3.96. The van der Waals surface area contributed by atoms with E-state index < -0.39 is 0 Å². The van der Waals surface area contributed by atoms with E-state index >= 15 is 0 Å². The van der Waals surface area contributed by atoms with E-state index in [2.05, 4.69) is 10.3 Å². The molecule has 2 amide bonds. The van der Waals surface area contributed by atoms with Crippen molar-refractivity contribution in [1.82, 2.24) is 15.2 Å². The molecular weight excluding hydrogens is 406 g/mol. The number of likely N-dealkylation sites (tertiary alicyclic amines) is 1. The van der Waals surface area contributed by atoms with Crippen LogP contribution < -0.4 is 10.1 Å². The average molecular weight is 438 g/mol. The number of furan rings is 1. The van der Waals surface area contributed by atoms with Crippen LogP contribution >= 0.6 is 0 Å². The standard InChI is InChI=1S/C25H31N3O4/c1-16(13-21-5-4-12-32-21)26-24(29)17(2)18-8-10-28(11-9-18)25(30)23-14-19-6-7-20(31-3)15-22(19)27-23/h4-7,12,14-18,27H,8-11,13H2,1-3H3,(H,26,29). The zero-order valence-corrected chi connectivity index (χ0v) is 18.9. The highest BCUT2D eigenvalue weighted by Gasteiger charge is 2.31. The van der Waals surface area contributed by atoms with Crippen LogP contribution in [0.1, 0.15) is 42.9 Å². The maximum absolute atomic E-state index is 13.0. The number of fused-ring (bicyclic) bond motifs is 1. The number of carbonyl (C=O) groups excluding carboxylic acids is 2. The van der Waals surface area contributed by atoms with Gasteiger partial charge in [0.2, 0.25) is 5.91 Å². The van der Waals surface area contributed by atoms with Crippen molar-refractivity contribution in [3.63, 3.8) is 0 Å². The monoisotopic (exact) mass is 437 g/mol. The van der Waals surface area contributed by atoms with Gasteiger partial charge in [-0.25, -0.2) is 0 Å². The van der Waals surface area contributed by atoms with Crippen molar-refractivity contribution < 1.29 is 18.7 Å². The number of nitrogens with one attached hydrogen (secondary N) is 2. The molecule has 1 aliphatic heterocycles. The molecule has 170 valence electrons. The van der Waals surface area contributed by atoms with Crippen molar-refractivity contribution in [3.8, 4) is 5.75 Å². The third kappa shape index (κ3) is 4.82. The lowest BCUT2D eigenvalue weighted by Crippen LogP contribution is -2.44. The van der Waals surface area contributed by atoms with Gasteiger partial charge in [-0.15, -0.1) is 0 Å². The molecule has 1 aliphatic rings. The molecule has 3 aromatic rings. The number of rotatable bonds is 7. The Morgan fingerprint density at radius 3 is 2.69 bits per heavy atom. The number of aromatic amines is 1. The van der Waals surface area contributed by atoms with Gasteiger partial charge < -0.3 is 24.4 Å². The van der Waals surface area contributed by atoms with Crippen molar-refractivity contribution in [3.05, 3.63) is 54.1 Å². The number of benzene rings is 1. The lowest BCUT2D eigenvalue weighted by atomic mass is 9.84. The SMILES string of the molecule is COc1ccc2cc(C(=O)N3CCC(C(C)C(=O)NC(C)Cc4ccco4)CC3)[nH]c2c1. The Morgan fingerprint density at radius 1 is 1.22 bits per heavy atom. The van der Waals surface area contributed by atoms with Crippen LogP contribution in [0.3, 0.4) is 0 Å². The largest absolute Gasteiger partial charge is 0.497 e. The van der Waals surface area contributed by atoms with Gasteiger partial charge in [-0.05, 0) is 56.0 Å². The molecule has 2 unspecified atom stereocenters. The van der Waals surface area contributed by atoms with Gasteiger partial charge in [-0.2, -0.15) is 0 Å². The molecule has 3 heterocycles. The zero-order chi connectivity index (χ0) is 22.7. The molecule has 2 N–H and O–H groups in total. The number of carbonyl (C=O) groups is 2. The number of nitrogens with zero attached hydrogens (tertiary/aromatic N) is 1. The predicted molar refractivity (Wildman–Crippen MR) is 123 cm³/mol. The minimum absolute atomic E-state index is 0.00258. The van der Waals surface area contributed by atoms with Gasteiger partial charge in [0.05, 0.1) is 13.4 Å². The number of piperidine rings is 1. The molecule has 0 saturated carbocycles. The summed E-state index contributed by atoms with van der Waals surface area (Å²) in [6.45, 7) is 5.29. The summed E-state index contributed by atoms with van der Waals surface area (Å²) in [4.78, 5) is 30.8. The second-order valence-electron chi connectivity index (χ2n) is 8.75. The van der Waals surface area contributed by atoms with Crippen LogP contribution in [0.15, 0.2) is 47.1 Å². The fraction of sp³-hybridized carbons (Fsp3) is 0.440. The van der Waals surface area contributed by atoms with Gasteiger partial charge in [0.25, 0.3) is 5.91 Å². The number of aromatic nitrogens is 1. The second kappa shape index (κ2) is 9.51. The first kappa shape index (κ1) is 22.0. The number of hydrogen-bond acceptors (Lipinski definition) is 4. The number of amides is 2. The Morgan fingerprint density at radius 2 is 2.00 bits per heavy atom. The van der Waals surface area contributed by atoms with E-state index in [1.165, 1.54) is 0 Å². The molecule has 1 fully saturated rings. The number of methoxy groups -OCH3 is 1. The highest BCUT2D eigenvalue weighted by molar-refractivity contribution is 5.98. The van der Waals surface area contributed by atoms with E-state index in [-0.39, 0.29) is 29.7 Å². The van der Waals surface area contributed by atoms with Crippen LogP contribution in [-0.2, 0) is 11.2 Å². The summed E-state index contributed by atoms with van der Waals surface area (Å²) in [6, 6.07) is 11.4. The molecule has 7 heteroatoms. The van der Waals surface area contributed by atoms with E-state index in [4.69, 9.17) is 9.15 Å². The second-order valence-corrected chi connectivity index (χ2v) is 8.75. The Hall–Kier alpha value is -3.22. The molecule has 2 aromatic heterocycles. The van der Waals surface area contributed by atoms with Crippen molar-refractivity contribution in [1.29, 1.82) is 0 Å². The lowest BCUT2D eigenvalue weighted by Gasteiger charge is -2.34. The Balaban J connectivity index is 1.30. The first-order valence-corrected chi connectivity index (χ1v) is 11.2. The van der Waals surface area contributed by atoms with E-state index in [1.54, 1.807) is 13.4 Å². The van der Waals surface area contributed by atoms with Crippen molar-refractivity contribution in [2.24, 2.45) is 11.8 Å². The highest BCUT2D eigenvalue weighted by atomic mass is 16.5. The summed E-state index contributed by atoms with van der Waals surface area (Å²) >= 11 is 0. The molecule has 0 aliphatic carbocycles. The smallest absolute Gasteiger partial charge is 0.270 e.